The summed E-state index contributed by atoms with van der Waals surface area (Å²) in [5, 5.41) is 20.3. The van der Waals surface area contributed by atoms with E-state index in [1.807, 2.05) is 48.5 Å². The maximum Gasteiger partial charge on any atom is 0.341 e. The van der Waals surface area contributed by atoms with Crippen molar-refractivity contribution in [2.75, 3.05) is 6.61 Å². The van der Waals surface area contributed by atoms with Crippen molar-refractivity contribution in [1.29, 1.82) is 5.26 Å². The van der Waals surface area contributed by atoms with Crippen LogP contribution in [0.1, 0.15) is 5.56 Å². The van der Waals surface area contributed by atoms with Crippen LogP contribution in [-0.4, -0.2) is 22.7 Å². The van der Waals surface area contributed by atoms with Gasteiger partial charge in [-0.3, -0.25) is 4.79 Å². The molecule has 30 heavy (non-hydrogen) atoms. The van der Waals surface area contributed by atoms with Crippen LogP contribution in [0.3, 0.4) is 0 Å². The molecule has 2 N–H and O–H groups in total. The number of hydrogen-bond acceptors (Lipinski definition) is 4. The third-order valence-corrected chi connectivity index (χ3v) is 4.75. The summed E-state index contributed by atoms with van der Waals surface area (Å²) in [4.78, 5) is 26.0. The molecule has 1 aromatic heterocycles. The zero-order valence-corrected chi connectivity index (χ0v) is 15.8. The normalized spacial score (nSPS) is 10.5. The lowest BCUT2D eigenvalue weighted by Crippen LogP contribution is -2.13. The molecular weight excluding hydrogens is 380 g/mol. The molecule has 0 fully saturated rings. The number of aromatic nitrogens is 1. The zero-order valence-electron chi connectivity index (χ0n) is 15.8. The van der Waals surface area contributed by atoms with Gasteiger partial charge in [0.25, 0.3) is 5.56 Å². The smallest absolute Gasteiger partial charge is 0.341 e. The quantitative estimate of drug-likeness (QED) is 0.526. The van der Waals surface area contributed by atoms with Crippen molar-refractivity contribution in [2.24, 2.45) is 0 Å². The predicted octanol–water partition coefficient (Wildman–Crippen LogP) is 4.20. The number of benzene rings is 3. The van der Waals surface area contributed by atoms with E-state index in [1.54, 1.807) is 30.3 Å². The standard InChI is InChI=1S/C24H16N2O4/c25-13-21-20(19-7-3-5-15-4-1-2-6-18(15)19)12-22(26-24(21)29)16-8-10-17(11-9-16)30-14-23(27)28/h1-12H,14H2,(H,26,29)(H,27,28). The molecule has 0 atom stereocenters. The lowest BCUT2D eigenvalue weighted by molar-refractivity contribution is -0.139. The van der Waals surface area contributed by atoms with Crippen LogP contribution in [0.4, 0.5) is 0 Å². The first-order valence-corrected chi connectivity index (χ1v) is 9.17. The Morgan fingerprint density at radius 3 is 2.47 bits per heavy atom. The molecule has 4 aromatic rings. The van der Waals surface area contributed by atoms with Crippen LogP contribution in [0.25, 0.3) is 33.2 Å². The number of nitrogens with zero attached hydrogens (tertiary/aromatic N) is 1. The van der Waals surface area contributed by atoms with E-state index in [4.69, 9.17) is 9.84 Å². The van der Waals surface area contributed by atoms with Gasteiger partial charge in [-0.15, -0.1) is 0 Å². The van der Waals surface area contributed by atoms with Crippen molar-refractivity contribution < 1.29 is 14.6 Å². The number of pyridine rings is 1. The molecule has 0 bridgehead atoms. The summed E-state index contributed by atoms with van der Waals surface area (Å²) in [7, 11) is 0. The lowest BCUT2D eigenvalue weighted by atomic mass is 9.94. The molecule has 0 saturated heterocycles. The van der Waals surface area contributed by atoms with Gasteiger partial charge in [0.1, 0.15) is 17.4 Å². The number of carboxylic acid groups (broad SMARTS) is 1. The van der Waals surface area contributed by atoms with Crippen LogP contribution in [0.2, 0.25) is 0 Å². The molecule has 0 saturated carbocycles. The van der Waals surface area contributed by atoms with E-state index < -0.39 is 18.1 Å². The summed E-state index contributed by atoms with van der Waals surface area (Å²) in [5.41, 5.74) is 2.20. The van der Waals surface area contributed by atoms with Gasteiger partial charge < -0.3 is 14.8 Å². The van der Waals surface area contributed by atoms with Gasteiger partial charge in [0, 0.05) is 11.3 Å². The van der Waals surface area contributed by atoms with E-state index in [1.165, 1.54) is 0 Å². The molecule has 0 aliphatic heterocycles. The van der Waals surface area contributed by atoms with Crippen molar-refractivity contribution in [3.8, 4) is 34.2 Å². The van der Waals surface area contributed by atoms with E-state index >= 15 is 0 Å². The first-order valence-electron chi connectivity index (χ1n) is 9.17. The van der Waals surface area contributed by atoms with Gasteiger partial charge in [-0.2, -0.15) is 5.26 Å². The average Bonchev–Trinajstić information content (AvgIpc) is 2.77. The third-order valence-electron chi connectivity index (χ3n) is 4.75. The van der Waals surface area contributed by atoms with Crippen LogP contribution < -0.4 is 10.3 Å². The van der Waals surface area contributed by atoms with Crippen molar-refractivity contribution in [1.82, 2.24) is 4.98 Å². The fourth-order valence-corrected chi connectivity index (χ4v) is 3.37. The minimum atomic E-state index is -1.06. The number of fused-ring (bicyclic) bond motifs is 1. The number of aromatic amines is 1. The van der Waals surface area contributed by atoms with Crippen LogP contribution in [-0.2, 0) is 4.79 Å². The maximum absolute atomic E-state index is 12.7. The first kappa shape index (κ1) is 19.0. The van der Waals surface area contributed by atoms with E-state index in [0.29, 0.717) is 22.6 Å². The highest BCUT2D eigenvalue weighted by atomic mass is 16.5. The molecule has 1 heterocycles. The van der Waals surface area contributed by atoms with Crippen molar-refractivity contribution in [2.45, 2.75) is 0 Å². The summed E-state index contributed by atoms with van der Waals surface area (Å²) in [6, 6.07) is 24.1. The van der Waals surface area contributed by atoms with Gasteiger partial charge in [-0.1, -0.05) is 42.5 Å². The average molecular weight is 396 g/mol. The van der Waals surface area contributed by atoms with Crippen LogP contribution in [0, 0.1) is 11.3 Å². The number of rotatable bonds is 5. The Balaban J connectivity index is 1.83. The highest BCUT2D eigenvalue weighted by molar-refractivity contribution is 5.98. The van der Waals surface area contributed by atoms with Gasteiger partial charge in [0.05, 0.1) is 0 Å². The van der Waals surface area contributed by atoms with Crippen molar-refractivity contribution >= 4 is 16.7 Å². The summed E-state index contributed by atoms with van der Waals surface area (Å²) in [5.74, 6) is -0.651. The Morgan fingerprint density at radius 2 is 1.73 bits per heavy atom. The minimum Gasteiger partial charge on any atom is -0.482 e. The molecule has 146 valence electrons. The van der Waals surface area contributed by atoms with E-state index in [2.05, 4.69) is 4.98 Å². The summed E-state index contributed by atoms with van der Waals surface area (Å²) >= 11 is 0. The molecule has 0 aliphatic carbocycles. The number of nitriles is 1. The maximum atomic E-state index is 12.7. The Labute approximate surface area is 171 Å². The van der Waals surface area contributed by atoms with Gasteiger partial charge in [-0.05, 0) is 52.2 Å². The number of carboxylic acids is 1. The molecule has 6 heteroatoms. The largest absolute Gasteiger partial charge is 0.482 e. The first-order chi connectivity index (χ1) is 14.6. The van der Waals surface area contributed by atoms with Gasteiger partial charge in [-0.25, -0.2) is 4.79 Å². The Morgan fingerprint density at radius 1 is 1.00 bits per heavy atom. The predicted molar refractivity (Wildman–Crippen MR) is 113 cm³/mol. The molecular formula is C24H16N2O4. The summed E-state index contributed by atoms with van der Waals surface area (Å²) in [6.45, 7) is -0.432. The lowest BCUT2D eigenvalue weighted by Gasteiger charge is -2.11. The highest BCUT2D eigenvalue weighted by Crippen LogP contribution is 2.32. The molecule has 6 nitrogen and oxygen atoms in total. The number of aliphatic carboxylic acids is 1. The van der Waals surface area contributed by atoms with Crippen LogP contribution >= 0.6 is 0 Å². The Bertz CT molecular complexity index is 1340. The Hall–Kier alpha value is -4.37. The van der Waals surface area contributed by atoms with Crippen LogP contribution in [0.5, 0.6) is 5.75 Å². The number of ether oxygens (including phenoxy) is 1. The molecule has 0 radical (unpaired) electrons. The van der Waals surface area contributed by atoms with E-state index in [9.17, 15) is 14.9 Å². The molecule has 3 aromatic carbocycles. The second-order valence-corrected chi connectivity index (χ2v) is 6.65. The van der Waals surface area contributed by atoms with E-state index in [0.717, 1.165) is 16.3 Å². The number of hydrogen-bond donors (Lipinski definition) is 2. The molecule has 4 rings (SSSR count). The highest BCUT2D eigenvalue weighted by Gasteiger charge is 2.14. The fourth-order valence-electron chi connectivity index (χ4n) is 3.37. The van der Waals surface area contributed by atoms with Gasteiger partial charge >= 0.3 is 5.97 Å². The molecule has 0 amide bonds. The van der Waals surface area contributed by atoms with E-state index in [-0.39, 0.29) is 5.56 Å². The second kappa shape index (κ2) is 7.94. The summed E-state index contributed by atoms with van der Waals surface area (Å²) < 4.78 is 5.15. The SMILES string of the molecule is N#Cc1c(-c2cccc3ccccc23)cc(-c2ccc(OCC(=O)O)cc2)[nH]c1=O. The monoisotopic (exact) mass is 396 g/mol. The van der Waals surface area contributed by atoms with Gasteiger partial charge in [0.15, 0.2) is 6.61 Å². The zero-order chi connectivity index (χ0) is 21.1. The second-order valence-electron chi connectivity index (χ2n) is 6.65. The topological polar surface area (TPSA) is 103 Å². The van der Waals surface area contributed by atoms with Crippen molar-refractivity contribution in [3.63, 3.8) is 0 Å². The summed E-state index contributed by atoms with van der Waals surface area (Å²) in [6.07, 6.45) is 0. The number of H-pyrrole nitrogens is 1. The third kappa shape index (κ3) is 3.64. The molecule has 0 aliphatic rings. The van der Waals surface area contributed by atoms with Gasteiger partial charge in [0.2, 0.25) is 0 Å². The van der Waals surface area contributed by atoms with Crippen molar-refractivity contribution in [3.05, 3.63) is 88.7 Å². The number of nitrogens with one attached hydrogen (secondary N) is 1. The Kier molecular flexibility index (Phi) is 5.02. The molecule has 0 unspecified atom stereocenters. The number of carbonyl (C=O) groups is 1. The molecule has 0 spiro atoms. The van der Waals surface area contributed by atoms with Crippen LogP contribution in [0.15, 0.2) is 77.6 Å². The minimum absolute atomic E-state index is 0.0523. The fraction of sp³-hybridized carbons (Fsp3) is 0.0417.